The number of rotatable bonds is 5. The maximum absolute atomic E-state index is 12.2. The molecule has 0 bridgehead atoms. The maximum Gasteiger partial charge on any atom is 0.248 e. The zero-order chi connectivity index (χ0) is 17.6. The molecule has 1 aliphatic rings. The van der Waals surface area contributed by atoms with Crippen molar-refractivity contribution in [3.63, 3.8) is 0 Å². The van der Waals surface area contributed by atoms with E-state index in [9.17, 15) is 10.1 Å². The Labute approximate surface area is 146 Å². The Balaban J connectivity index is 1.54. The van der Waals surface area contributed by atoms with Gasteiger partial charge in [-0.25, -0.2) is 0 Å². The summed E-state index contributed by atoms with van der Waals surface area (Å²) in [5.74, 6) is -0.117. The van der Waals surface area contributed by atoms with Crippen molar-refractivity contribution in [3.8, 4) is 12.1 Å². The monoisotopic (exact) mass is 331 g/mol. The lowest BCUT2D eigenvalue weighted by Crippen LogP contribution is -2.46. The number of amides is 1. The molecule has 0 radical (unpaired) electrons. The Bertz CT molecular complexity index is 861. The second-order valence-electron chi connectivity index (χ2n) is 5.79. The second kappa shape index (κ2) is 7.48. The van der Waals surface area contributed by atoms with Crippen LogP contribution in [-0.2, 0) is 11.2 Å². The zero-order valence-corrected chi connectivity index (χ0v) is 13.5. The van der Waals surface area contributed by atoms with Gasteiger partial charge in [0, 0.05) is 6.54 Å². The molecule has 2 aromatic rings. The Morgan fingerprint density at radius 2 is 1.88 bits per heavy atom. The van der Waals surface area contributed by atoms with Crippen molar-refractivity contribution >= 4 is 17.3 Å². The highest BCUT2D eigenvalue weighted by atomic mass is 16.2. The second-order valence-corrected chi connectivity index (χ2v) is 5.79. The molecular formula is C19H17N5O. The van der Waals surface area contributed by atoms with E-state index in [4.69, 9.17) is 5.26 Å². The van der Waals surface area contributed by atoms with Gasteiger partial charge in [0.25, 0.3) is 0 Å². The van der Waals surface area contributed by atoms with Gasteiger partial charge in [0.15, 0.2) is 0 Å². The normalized spacial score (nSPS) is 15.3. The molecule has 1 unspecified atom stereocenters. The fourth-order valence-corrected chi connectivity index (χ4v) is 2.73. The minimum Gasteiger partial charge on any atom is -0.370 e. The van der Waals surface area contributed by atoms with E-state index in [0.29, 0.717) is 35.6 Å². The van der Waals surface area contributed by atoms with Crippen LogP contribution < -0.4 is 16.0 Å². The smallest absolute Gasteiger partial charge is 0.248 e. The summed E-state index contributed by atoms with van der Waals surface area (Å²) in [6.45, 7) is 1.17. The van der Waals surface area contributed by atoms with Crippen LogP contribution in [0.5, 0.6) is 0 Å². The highest BCUT2D eigenvalue weighted by Gasteiger charge is 2.26. The number of hydrogen-bond donors (Lipinski definition) is 3. The number of para-hydroxylation sites is 1. The lowest BCUT2D eigenvalue weighted by molar-refractivity contribution is -0.117. The van der Waals surface area contributed by atoms with E-state index in [-0.39, 0.29) is 5.91 Å². The van der Waals surface area contributed by atoms with E-state index in [0.717, 1.165) is 12.0 Å². The van der Waals surface area contributed by atoms with E-state index >= 15 is 0 Å². The lowest BCUT2D eigenvalue weighted by Gasteiger charge is -2.27. The summed E-state index contributed by atoms with van der Waals surface area (Å²) in [5, 5.41) is 27.2. The molecule has 124 valence electrons. The summed E-state index contributed by atoms with van der Waals surface area (Å²) in [6.07, 6.45) is 0.806. The fraction of sp³-hybridized carbons (Fsp3) is 0.211. The largest absolute Gasteiger partial charge is 0.370 e. The van der Waals surface area contributed by atoms with E-state index < -0.39 is 6.04 Å². The number of nitrogens with zero attached hydrogens (tertiary/aromatic N) is 2. The van der Waals surface area contributed by atoms with E-state index in [1.54, 1.807) is 30.3 Å². The lowest BCUT2D eigenvalue weighted by atomic mass is 10.1. The number of nitriles is 2. The van der Waals surface area contributed by atoms with Gasteiger partial charge in [-0.05, 0) is 42.8 Å². The molecule has 3 N–H and O–H groups in total. The predicted molar refractivity (Wildman–Crippen MR) is 94.9 cm³/mol. The van der Waals surface area contributed by atoms with Crippen LogP contribution in [0.1, 0.15) is 16.7 Å². The molecule has 1 heterocycles. The molecule has 1 aliphatic heterocycles. The molecule has 25 heavy (non-hydrogen) atoms. The Hall–Kier alpha value is -3.35. The fourth-order valence-electron chi connectivity index (χ4n) is 2.73. The Morgan fingerprint density at radius 1 is 1.08 bits per heavy atom. The molecule has 0 aliphatic carbocycles. The summed E-state index contributed by atoms with van der Waals surface area (Å²) >= 11 is 0. The highest BCUT2D eigenvalue weighted by Crippen LogP contribution is 2.29. The zero-order valence-electron chi connectivity index (χ0n) is 13.5. The number of anilines is 2. The molecule has 0 saturated carbocycles. The van der Waals surface area contributed by atoms with Crippen LogP contribution in [0, 0.1) is 22.7 Å². The molecular weight excluding hydrogens is 314 g/mol. The van der Waals surface area contributed by atoms with Gasteiger partial charge in [-0.1, -0.05) is 18.2 Å². The van der Waals surface area contributed by atoms with Crippen molar-refractivity contribution in [2.45, 2.75) is 12.5 Å². The Kier molecular flexibility index (Phi) is 4.94. The highest BCUT2D eigenvalue weighted by molar-refractivity contribution is 6.04. The molecule has 2 aromatic carbocycles. The van der Waals surface area contributed by atoms with Crippen molar-refractivity contribution in [1.29, 1.82) is 10.5 Å². The molecule has 0 aromatic heterocycles. The number of nitrogens with one attached hydrogen (secondary N) is 3. The quantitative estimate of drug-likeness (QED) is 0.728. The average Bonchev–Trinajstić information content (AvgIpc) is 2.65. The van der Waals surface area contributed by atoms with Crippen molar-refractivity contribution in [1.82, 2.24) is 5.32 Å². The third kappa shape index (κ3) is 3.77. The van der Waals surface area contributed by atoms with Crippen molar-refractivity contribution in [2.75, 3.05) is 23.7 Å². The summed E-state index contributed by atoms with van der Waals surface area (Å²) in [6, 6.07) is 16.5. The SMILES string of the molecule is N#Cc1ccc(CCNCC2Nc3c(C#N)cccc3NC2=O)cc1. The molecule has 0 saturated heterocycles. The topological polar surface area (TPSA) is 101 Å². The summed E-state index contributed by atoms with van der Waals surface area (Å²) in [5.41, 5.74) is 3.60. The van der Waals surface area contributed by atoms with Gasteiger partial charge in [0.05, 0.1) is 28.6 Å². The summed E-state index contributed by atoms with van der Waals surface area (Å²) in [7, 11) is 0. The minimum atomic E-state index is -0.428. The van der Waals surface area contributed by atoms with E-state index in [2.05, 4.69) is 28.1 Å². The third-order valence-electron chi connectivity index (χ3n) is 4.10. The van der Waals surface area contributed by atoms with Crippen LogP contribution in [0.25, 0.3) is 0 Å². The molecule has 3 rings (SSSR count). The van der Waals surface area contributed by atoms with E-state index in [1.165, 1.54) is 0 Å². The molecule has 6 heteroatoms. The van der Waals surface area contributed by atoms with Gasteiger partial charge in [-0.3, -0.25) is 4.79 Å². The van der Waals surface area contributed by atoms with Crippen LogP contribution in [0.2, 0.25) is 0 Å². The van der Waals surface area contributed by atoms with Gasteiger partial charge in [0.1, 0.15) is 12.1 Å². The van der Waals surface area contributed by atoms with Crippen LogP contribution >= 0.6 is 0 Å². The summed E-state index contributed by atoms with van der Waals surface area (Å²) < 4.78 is 0. The standard InChI is InChI=1S/C19H17N5O/c20-10-14-6-4-13(5-7-14)8-9-22-12-17-19(25)24-16-3-1-2-15(11-21)18(16)23-17/h1-7,17,22-23H,8-9,12H2,(H,24,25). The average molecular weight is 331 g/mol. The predicted octanol–water partition coefficient (Wildman–Crippen LogP) is 1.99. The van der Waals surface area contributed by atoms with Crippen molar-refractivity contribution in [3.05, 3.63) is 59.2 Å². The van der Waals surface area contributed by atoms with Crippen molar-refractivity contribution < 1.29 is 4.79 Å². The minimum absolute atomic E-state index is 0.117. The molecule has 0 fully saturated rings. The number of hydrogen-bond acceptors (Lipinski definition) is 5. The van der Waals surface area contributed by atoms with Gasteiger partial charge >= 0.3 is 0 Å². The maximum atomic E-state index is 12.2. The van der Waals surface area contributed by atoms with Crippen LogP contribution in [0.15, 0.2) is 42.5 Å². The summed E-state index contributed by atoms with van der Waals surface area (Å²) in [4.78, 5) is 12.2. The molecule has 0 spiro atoms. The van der Waals surface area contributed by atoms with Crippen LogP contribution in [-0.4, -0.2) is 25.0 Å². The number of fused-ring (bicyclic) bond motifs is 1. The van der Waals surface area contributed by atoms with Gasteiger partial charge < -0.3 is 16.0 Å². The number of carbonyl (C=O) groups excluding carboxylic acids is 1. The first-order valence-corrected chi connectivity index (χ1v) is 8.01. The number of benzene rings is 2. The first-order valence-electron chi connectivity index (χ1n) is 8.01. The Morgan fingerprint density at radius 3 is 2.60 bits per heavy atom. The first kappa shape index (κ1) is 16.5. The van der Waals surface area contributed by atoms with Crippen LogP contribution in [0.3, 0.4) is 0 Å². The van der Waals surface area contributed by atoms with Gasteiger partial charge in [-0.15, -0.1) is 0 Å². The van der Waals surface area contributed by atoms with Gasteiger partial charge in [-0.2, -0.15) is 10.5 Å². The third-order valence-corrected chi connectivity index (χ3v) is 4.10. The molecule has 1 atom stereocenters. The van der Waals surface area contributed by atoms with Crippen molar-refractivity contribution in [2.24, 2.45) is 0 Å². The number of carbonyl (C=O) groups is 1. The first-order chi connectivity index (χ1) is 12.2. The van der Waals surface area contributed by atoms with Gasteiger partial charge in [0.2, 0.25) is 5.91 Å². The molecule has 6 nitrogen and oxygen atoms in total. The van der Waals surface area contributed by atoms with Crippen LogP contribution in [0.4, 0.5) is 11.4 Å². The molecule has 1 amide bonds. The van der Waals surface area contributed by atoms with E-state index in [1.807, 2.05) is 12.1 Å².